The summed E-state index contributed by atoms with van der Waals surface area (Å²) in [5.41, 5.74) is 1.16. The van der Waals surface area contributed by atoms with Crippen LogP contribution in [0.2, 0.25) is 0 Å². The van der Waals surface area contributed by atoms with Crippen LogP contribution in [-0.4, -0.2) is 16.7 Å². The molecule has 122 valence electrons. The van der Waals surface area contributed by atoms with Crippen LogP contribution in [0.1, 0.15) is 44.6 Å². The molecule has 0 unspecified atom stereocenters. The molecule has 23 heavy (non-hydrogen) atoms. The Morgan fingerprint density at radius 2 is 1.65 bits per heavy atom. The molecule has 0 aliphatic carbocycles. The standard InChI is InChI=1S/C16H15F3N2O2/c1-8-13(9(2)20-14(8)10(3)22)15(23)21-12-6-4-11(5-7-12)16(17,18)19/h4-7,20H,1-3H3,(H,21,23). The van der Waals surface area contributed by atoms with Crippen molar-refractivity contribution in [3.63, 3.8) is 0 Å². The maximum absolute atomic E-state index is 12.5. The van der Waals surface area contributed by atoms with E-state index in [-0.39, 0.29) is 11.5 Å². The van der Waals surface area contributed by atoms with Gasteiger partial charge in [0.25, 0.3) is 5.91 Å². The van der Waals surface area contributed by atoms with Crippen LogP contribution in [0.5, 0.6) is 0 Å². The minimum Gasteiger partial charge on any atom is -0.355 e. The monoisotopic (exact) mass is 324 g/mol. The van der Waals surface area contributed by atoms with Crippen LogP contribution in [0, 0.1) is 13.8 Å². The third kappa shape index (κ3) is 3.44. The van der Waals surface area contributed by atoms with Gasteiger partial charge in [0, 0.05) is 18.3 Å². The largest absolute Gasteiger partial charge is 0.416 e. The predicted octanol–water partition coefficient (Wildman–Crippen LogP) is 4.11. The third-order valence-corrected chi connectivity index (χ3v) is 3.49. The van der Waals surface area contributed by atoms with Gasteiger partial charge in [0.2, 0.25) is 0 Å². The Morgan fingerprint density at radius 3 is 2.09 bits per heavy atom. The van der Waals surface area contributed by atoms with Crippen LogP contribution >= 0.6 is 0 Å². The van der Waals surface area contributed by atoms with Gasteiger partial charge in [-0.15, -0.1) is 0 Å². The minimum atomic E-state index is -4.42. The average Bonchev–Trinajstić information content (AvgIpc) is 2.73. The van der Waals surface area contributed by atoms with Crippen molar-refractivity contribution in [1.29, 1.82) is 0 Å². The van der Waals surface area contributed by atoms with Crippen molar-refractivity contribution >= 4 is 17.4 Å². The van der Waals surface area contributed by atoms with Gasteiger partial charge < -0.3 is 10.3 Å². The number of alkyl halides is 3. The van der Waals surface area contributed by atoms with Crippen LogP contribution in [0.25, 0.3) is 0 Å². The first-order valence-electron chi connectivity index (χ1n) is 6.80. The predicted molar refractivity (Wildman–Crippen MR) is 79.7 cm³/mol. The Hall–Kier alpha value is -2.57. The number of ketones is 1. The van der Waals surface area contributed by atoms with E-state index < -0.39 is 17.6 Å². The first-order chi connectivity index (χ1) is 10.6. The summed E-state index contributed by atoms with van der Waals surface area (Å²) in [5.74, 6) is -0.678. The molecule has 2 N–H and O–H groups in total. The molecule has 4 nitrogen and oxygen atoms in total. The van der Waals surface area contributed by atoms with E-state index in [0.717, 1.165) is 12.1 Å². The number of benzene rings is 1. The number of hydrogen-bond acceptors (Lipinski definition) is 2. The molecular weight excluding hydrogens is 309 g/mol. The Labute approximate surface area is 130 Å². The minimum absolute atomic E-state index is 0.195. The number of rotatable bonds is 3. The number of halogens is 3. The number of anilines is 1. The topological polar surface area (TPSA) is 62.0 Å². The maximum Gasteiger partial charge on any atom is 0.416 e. The highest BCUT2D eigenvalue weighted by atomic mass is 19.4. The number of aromatic amines is 1. The zero-order valence-corrected chi connectivity index (χ0v) is 12.8. The first kappa shape index (κ1) is 16.8. The number of carbonyl (C=O) groups excluding carboxylic acids is 2. The molecule has 0 fully saturated rings. The second kappa shape index (κ2) is 5.91. The second-order valence-electron chi connectivity index (χ2n) is 5.21. The molecule has 0 aliphatic heterocycles. The molecule has 0 radical (unpaired) electrons. The molecule has 0 aliphatic rings. The lowest BCUT2D eigenvalue weighted by Crippen LogP contribution is -2.14. The lowest BCUT2D eigenvalue weighted by molar-refractivity contribution is -0.137. The van der Waals surface area contributed by atoms with Crippen molar-refractivity contribution in [3.05, 3.63) is 52.3 Å². The lowest BCUT2D eigenvalue weighted by atomic mass is 10.1. The van der Waals surface area contributed by atoms with E-state index in [1.54, 1.807) is 13.8 Å². The summed E-state index contributed by atoms with van der Waals surface area (Å²) in [6.07, 6.45) is -4.42. The van der Waals surface area contributed by atoms with E-state index in [4.69, 9.17) is 0 Å². The smallest absolute Gasteiger partial charge is 0.355 e. The van der Waals surface area contributed by atoms with Crippen LogP contribution in [0.3, 0.4) is 0 Å². The van der Waals surface area contributed by atoms with Crippen LogP contribution < -0.4 is 5.32 Å². The fourth-order valence-electron chi connectivity index (χ4n) is 2.38. The number of Topliss-reactive ketones (excluding diaryl/α,β-unsaturated/α-hetero) is 1. The van der Waals surface area contributed by atoms with Crippen LogP contribution in [0.15, 0.2) is 24.3 Å². The van der Waals surface area contributed by atoms with Gasteiger partial charge in [-0.1, -0.05) is 0 Å². The van der Waals surface area contributed by atoms with Gasteiger partial charge >= 0.3 is 6.18 Å². The van der Waals surface area contributed by atoms with Gasteiger partial charge in [-0.05, 0) is 43.7 Å². The van der Waals surface area contributed by atoms with Crippen molar-refractivity contribution in [1.82, 2.24) is 4.98 Å². The van der Waals surface area contributed by atoms with E-state index in [1.165, 1.54) is 19.1 Å². The molecule has 0 bridgehead atoms. The van der Waals surface area contributed by atoms with E-state index >= 15 is 0 Å². The van der Waals surface area contributed by atoms with Crippen molar-refractivity contribution in [3.8, 4) is 0 Å². The molecule has 0 saturated carbocycles. The number of carbonyl (C=O) groups is 2. The molecule has 7 heteroatoms. The van der Waals surface area contributed by atoms with E-state index in [9.17, 15) is 22.8 Å². The Kier molecular flexibility index (Phi) is 4.31. The third-order valence-electron chi connectivity index (χ3n) is 3.49. The number of hydrogen-bond donors (Lipinski definition) is 2. The highest BCUT2D eigenvalue weighted by Gasteiger charge is 2.30. The van der Waals surface area contributed by atoms with Gasteiger partial charge in [0.1, 0.15) is 0 Å². The summed E-state index contributed by atoms with van der Waals surface area (Å²) in [7, 11) is 0. The fourth-order valence-corrected chi connectivity index (χ4v) is 2.38. The molecule has 0 saturated heterocycles. The maximum atomic E-state index is 12.5. The summed E-state index contributed by atoms with van der Waals surface area (Å²) in [5, 5.41) is 2.53. The second-order valence-corrected chi connectivity index (χ2v) is 5.21. The summed E-state index contributed by atoms with van der Waals surface area (Å²) < 4.78 is 37.5. The highest BCUT2D eigenvalue weighted by molar-refractivity contribution is 6.08. The van der Waals surface area contributed by atoms with Crippen molar-refractivity contribution < 1.29 is 22.8 Å². The van der Waals surface area contributed by atoms with Gasteiger partial charge in [-0.3, -0.25) is 9.59 Å². The van der Waals surface area contributed by atoms with Crippen LogP contribution in [-0.2, 0) is 6.18 Å². The zero-order valence-electron chi connectivity index (χ0n) is 12.8. The molecule has 0 spiro atoms. The quantitative estimate of drug-likeness (QED) is 0.835. The van der Waals surface area contributed by atoms with E-state index in [2.05, 4.69) is 10.3 Å². The Bertz CT molecular complexity index is 759. The summed E-state index contributed by atoms with van der Waals surface area (Å²) in [4.78, 5) is 26.6. The summed E-state index contributed by atoms with van der Waals surface area (Å²) >= 11 is 0. The van der Waals surface area contributed by atoms with Gasteiger partial charge in [0.15, 0.2) is 5.78 Å². The lowest BCUT2D eigenvalue weighted by Gasteiger charge is -2.09. The number of aromatic nitrogens is 1. The van der Waals surface area contributed by atoms with Crippen LogP contribution in [0.4, 0.5) is 18.9 Å². The first-order valence-corrected chi connectivity index (χ1v) is 6.80. The molecule has 1 aromatic carbocycles. The Balaban J connectivity index is 2.25. The number of aryl methyl sites for hydroxylation is 1. The molecule has 1 heterocycles. The number of H-pyrrole nitrogens is 1. The summed E-state index contributed by atoms with van der Waals surface area (Å²) in [6, 6.07) is 4.16. The SMILES string of the molecule is CC(=O)c1[nH]c(C)c(C(=O)Nc2ccc(C(F)(F)F)cc2)c1C. The molecule has 2 aromatic rings. The van der Waals surface area contributed by atoms with Crippen molar-refractivity contribution in [2.45, 2.75) is 26.9 Å². The van der Waals surface area contributed by atoms with Gasteiger partial charge in [-0.25, -0.2) is 0 Å². The molecule has 2 rings (SSSR count). The average molecular weight is 324 g/mol. The van der Waals surface area contributed by atoms with Crippen molar-refractivity contribution in [2.75, 3.05) is 5.32 Å². The molecular formula is C16H15F3N2O2. The zero-order chi connectivity index (χ0) is 17.4. The van der Waals surface area contributed by atoms with Crippen molar-refractivity contribution in [2.24, 2.45) is 0 Å². The molecule has 1 amide bonds. The molecule has 1 aromatic heterocycles. The fraction of sp³-hybridized carbons (Fsp3) is 0.250. The highest BCUT2D eigenvalue weighted by Crippen LogP contribution is 2.30. The Morgan fingerprint density at radius 1 is 1.09 bits per heavy atom. The number of nitrogens with one attached hydrogen (secondary N) is 2. The van der Waals surface area contributed by atoms with E-state index in [0.29, 0.717) is 22.5 Å². The molecule has 0 atom stereocenters. The number of amides is 1. The normalized spacial score (nSPS) is 11.4. The van der Waals surface area contributed by atoms with E-state index in [1.807, 2.05) is 0 Å². The summed E-state index contributed by atoms with van der Waals surface area (Å²) in [6.45, 7) is 4.68. The van der Waals surface area contributed by atoms with Gasteiger partial charge in [0.05, 0.1) is 16.8 Å². The van der Waals surface area contributed by atoms with Gasteiger partial charge in [-0.2, -0.15) is 13.2 Å².